The molecule has 0 spiro atoms. The maximum atomic E-state index is 5.38. The van der Waals surface area contributed by atoms with Gasteiger partial charge in [0.05, 0.1) is 6.26 Å². The summed E-state index contributed by atoms with van der Waals surface area (Å²) in [4.78, 5) is 4.35. The Morgan fingerprint density at radius 3 is 2.95 bits per heavy atom. The second kappa shape index (κ2) is 6.05. The Hall–Kier alpha value is -2.21. The van der Waals surface area contributed by atoms with Crippen LogP contribution in [0, 0.1) is 4.77 Å². The number of pyridine rings is 1. The first-order chi connectivity index (χ1) is 10.3. The summed E-state index contributed by atoms with van der Waals surface area (Å²) in [7, 11) is 0. The molecular formula is C15H16N4OS. The molecule has 3 aromatic rings. The Bertz CT molecular complexity index is 746. The minimum absolute atomic E-state index is 0.207. The first kappa shape index (κ1) is 13.8. The molecule has 6 heteroatoms. The van der Waals surface area contributed by atoms with Gasteiger partial charge in [0, 0.05) is 18.7 Å². The van der Waals surface area contributed by atoms with E-state index in [1.165, 1.54) is 0 Å². The largest absolute Gasteiger partial charge is 0.469 e. The lowest BCUT2D eigenvalue weighted by atomic mass is 10.1. The van der Waals surface area contributed by atoms with Crippen LogP contribution in [0.1, 0.15) is 25.1 Å². The van der Waals surface area contributed by atoms with E-state index in [2.05, 4.69) is 22.1 Å². The first-order valence-corrected chi connectivity index (χ1v) is 7.27. The molecule has 0 fully saturated rings. The smallest absolute Gasteiger partial charge is 0.195 e. The van der Waals surface area contributed by atoms with Crippen LogP contribution in [0.5, 0.6) is 0 Å². The van der Waals surface area contributed by atoms with E-state index in [-0.39, 0.29) is 6.04 Å². The van der Waals surface area contributed by atoms with Gasteiger partial charge < -0.3 is 4.42 Å². The van der Waals surface area contributed by atoms with Gasteiger partial charge in [-0.05, 0) is 49.8 Å². The number of rotatable bonds is 5. The second-order valence-electron chi connectivity index (χ2n) is 4.90. The van der Waals surface area contributed by atoms with Crippen molar-refractivity contribution in [2.75, 3.05) is 0 Å². The third kappa shape index (κ3) is 2.95. The van der Waals surface area contributed by atoms with E-state index >= 15 is 0 Å². The van der Waals surface area contributed by atoms with Gasteiger partial charge in [-0.3, -0.25) is 14.6 Å². The van der Waals surface area contributed by atoms with E-state index in [9.17, 15) is 0 Å². The standard InChI is InChI=1S/C15H16N4OS/c1-11(7-8-12-5-4-10-20-12)19-14(17-18-15(19)21)13-6-2-3-9-16-13/h2-6,9-11H,7-8H2,1H3,(H,18,21). The minimum Gasteiger partial charge on any atom is -0.469 e. The summed E-state index contributed by atoms with van der Waals surface area (Å²) in [6.07, 6.45) is 5.23. The molecule has 0 bridgehead atoms. The molecule has 5 nitrogen and oxygen atoms in total. The van der Waals surface area contributed by atoms with Crippen molar-refractivity contribution in [1.29, 1.82) is 0 Å². The average molecular weight is 300 g/mol. The number of nitrogens with zero attached hydrogens (tertiary/aromatic N) is 3. The van der Waals surface area contributed by atoms with Gasteiger partial charge in [0.15, 0.2) is 10.6 Å². The molecule has 21 heavy (non-hydrogen) atoms. The van der Waals surface area contributed by atoms with Crippen molar-refractivity contribution in [3.05, 3.63) is 53.3 Å². The van der Waals surface area contributed by atoms with E-state index in [0.717, 1.165) is 30.1 Å². The summed E-state index contributed by atoms with van der Waals surface area (Å²) < 4.78 is 8.00. The highest BCUT2D eigenvalue weighted by Gasteiger charge is 2.15. The molecule has 1 unspecified atom stereocenters. The maximum absolute atomic E-state index is 5.38. The van der Waals surface area contributed by atoms with Crippen LogP contribution < -0.4 is 0 Å². The fourth-order valence-electron chi connectivity index (χ4n) is 2.32. The molecule has 0 saturated carbocycles. The molecule has 0 aliphatic carbocycles. The Kier molecular flexibility index (Phi) is 3.96. The first-order valence-electron chi connectivity index (χ1n) is 6.86. The topological polar surface area (TPSA) is 59.6 Å². The van der Waals surface area contributed by atoms with Crippen molar-refractivity contribution in [3.63, 3.8) is 0 Å². The Morgan fingerprint density at radius 2 is 2.24 bits per heavy atom. The molecule has 3 rings (SSSR count). The van der Waals surface area contributed by atoms with Gasteiger partial charge in [-0.1, -0.05) is 6.07 Å². The number of nitrogens with one attached hydrogen (secondary N) is 1. The quantitative estimate of drug-likeness (QED) is 0.728. The van der Waals surface area contributed by atoms with Gasteiger partial charge in [-0.2, -0.15) is 5.10 Å². The lowest BCUT2D eigenvalue weighted by molar-refractivity contribution is 0.451. The molecule has 1 atom stereocenters. The summed E-state index contributed by atoms with van der Waals surface area (Å²) >= 11 is 5.36. The molecule has 0 aromatic carbocycles. The summed E-state index contributed by atoms with van der Waals surface area (Å²) in [5.41, 5.74) is 0.815. The normalized spacial score (nSPS) is 12.4. The third-order valence-electron chi connectivity index (χ3n) is 3.43. The summed E-state index contributed by atoms with van der Waals surface area (Å²) in [5.74, 6) is 1.75. The predicted molar refractivity (Wildman–Crippen MR) is 82.4 cm³/mol. The number of aryl methyl sites for hydroxylation is 1. The van der Waals surface area contributed by atoms with Crippen LogP contribution in [0.2, 0.25) is 0 Å². The predicted octanol–water partition coefficient (Wildman–Crippen LogP) is 3.79. The molecule has 0 aliphatic rings. The Balaban J connectivity index is 1.84. The molecule has 0 radical (unpaired) electrons. The fraction of sp³-hybridized carbons (Fsp3) is 0.267. The fourth-order valence-corrected chi connectivity index (χ4v) is 2.64. The van der Waals surface area contributed by atoms with Gasteiger partial charge in [-0.15, -0.1) is 0 Å². The molecular weight excluding hydrogens is 284 g/mol. The Morgan fingerprint density at radius 1 is 1.33 bits per heavy atom. The summed E-state index contributed by atoms with van der Waals surface area (Å²) in [6, 6.07) is 9.86. The number of furan rings is 1. The zero-order chi connectivity index (χ0) is 14.7. The molecule has 0 saturated heterocycles. The number of H-pyrrole nitrogens is 1. The van der Waals surface area contributed by atoms with Crippen LogP contribution in [0.15, 0.2) is 47.2 Å². The van der Waals surface area contributed by atoms with Gasteiger partial charge in [0.1, 0.15) is 11.5 Å². The van der Waals surface area contributed by atoms with E-state index < -0.39 is 0 Å². The van der Waals surface area contributed by atoms with E-state index in [4.69, 9.17) is 16.6 Å². The summed E-state index contributed by atoms with van der Waals surface area (Å²) in [6.45, 7) is 2.13. The van der Waals surface area contributed by atoms with Crippen molar-refractivity contribution >= 4 is 12.2 Å². The van der Waals surface area contributed by atoms with Crippen LogP contribution in [0.4, 0.5) is 0 Å². The molecule has 3 heterocycles. The zero-order valence-corrected chi connectivity index (χ0v) is 12.5. The monoisotopic (exact) mass is 300 g/mol. The number of aromatic nitrogens is 4. The van der Waals surface area contributed by atoms with Crippen LogP contribution >= 0.6 is 12.2 Å². The Labute approximate surface area is 127 Å². The molecule has 1 N–H and O–H groups in total. The third-order valence-corrected chi connectivity index (χ3v) is 3.72. The van der Waals surface area contributed by atoms with Crippen molar-refractivity contribution in [2.24, 2.45) is 0 Å². The van der Waals surface area contributed by atoms with E-state index in [0.29, 0.717) is 4.77 Å². The van der Waals surface area contributed by atoms with Crippen LogP contribution in [-0.2, 0) is 6.42 Å². The lowest BCUT2D eigenvalue weighted by Gasteiger charge is -2.14. The molecule has 3 aromatic heterocycles. The number of hydrogen-bond donors (Lipinski definition) is 1. The number of hydrogen-bond acceptors (Lipinski definition) is 4. The minimum atomic E-state index is 0.207. The van der Waals surface area contributed by atoms with Crippen LogP contribution in [0.25, 0.3) is 11.5 Å². The second-order valence-corrected chi connectivity index (χ2v) is 5.29. The van der Waals surface area contributed by atoms with E-state index in [1.54, 1.807) is 12.5 Å². The number of aromatic amines is 1. The lowest BCUT2D eigenvalue weighted by Crippen LogP contribution is -2.09. The van der Waals surface area contributed by atoms with Crippen molar-refractivity contribution in [2.45, 2.75) is 25.8 Å². The van der Waals surface area contributed by atoms with Gasteiger partial charge in [-0.25, -0.2) is 0 Å². The van der Waals surface area contributed by atoms with Gasteiger partial charge in [0.2, 0.25) is 0 Å². The van der Waals surface area contributed by atoms with Gasteiger partial charge in [0.25, 0.3) is 0 Å². The van der Waals surface area contributed by atoms with Crippen molar-refractivity contribution in [3.8, 4) is 11.5 Å². The average Bonchev–Trinajstić information content (AvgIpc) is 3.15. The highest BCUT2D eigenvalue weighted by atomic mass is 32.1. The highest BCUT2D eigenvalue weighted by Crippen LogP contribution is 2.22. The van der Waals surface area contributed by atoms with Gasteiger partial charge >= 0.3 is 0 Å². The molecule has 0 amide bonds. The maximum Gasteiger partial charge on any atom is 0.195 e. The molecule has 108 valence electrons. The highest BCUT2D eigenvalue weighted by molar-refractivity contribution is 7.71. The summed E-state index contributed by atoms with van der Waals surface area (Å²) in [5, 5.41) is 7.17. The van der Waals surface area contributed by atoms with Crippen molar-refractivity contribution in [1.82, 2.24) is 19.7 Å². The van der Waals surface area contributed by atoms with Crippen LogP contribution in [-0.4, -0.2) is 19.7 Å². The SMILES string of the molecule is CC(CCc1ccco1)n1c(-c2ccccn2)n[nH]c1=S. The zero-order valence-electron chi connectivity index (χ0n) is 11.7. The van der Waals surface area contributed by atoms with Crippen molar-refractivity contribution < 1.29 is 4.42 Å². The molecule has 0 aliphatic heterocycles. The van der Waals surface area contributed by atoms with Crippen LogP contribution in [0.3, 0.4) is 0 Å². The van der Waals surface area contributed by atoms with E-state index in [1.807, 2.05) is 34.9 Å².